The van der Waals surface area contributed by atoms with Crippen molar-refractivity contribution in [2.45, 2.75) is 20.8 Å². The van der Waals surface area contributed by atoms with E-state index in [9.17, 15) is 4.79 Å². The standard InChI is InChI=1S/C15H20O4/c1-4-17-13-9-7-12(14(11-13)18-5-2)8-10-15(16)19-6-3/h7-11H,4-6H2,1-3H3. The second kappa shape index (κ2) is 8.19. The minimum Gasteiger partial charge on any atom is -0.494 e. The Hall–Kier alpha value is -1.97. The Morgan fingerprint density at radius 2 is 1.84 bits per heavy atom. The van der Waals surface area contributed by atoms with Crippen molar-refractivity contribution in [2.24, 2.45) is 0 Å². The first-order valence-corrected chi connectivity index (χ1v) is 6.45. The van der Waals surface area contributed by atoms with Gasteiger partial charge in [-0.15, -0.1) is 0 Å². The van der Waals surface area contributed by atoms with Crippen molar-refractivity contribution in [3.8, 4) is 11.5 Å². The molecule has 0 fully saturated rings. The molecule has 0 radical (unpaired) electrons. The zero-order valence-corrected chi connectivity index (χ0v) is 11.6. The lowest BCUT2D eigenvalue weighted by Crippen LogP contribution is -1.99. The Morgan fingerprint density at radius 1 is 1.11 bits per heavy atom. The van der Waals surface area contributed by atoms with Crippen LogP contribution in [-0.4, -0.2) is 25.8 Å². The first kappa shape index (κ1) is 15.1. The average molecular weight is 264 g/mol. The lowest BCUT2D eigenvalue weighted by molar-refractivity contribution is -0.137. The third-order valence-corrected chi connectivity index (χ3v) is 2.28. The Bertz CT molecular complexity index is 438. The highest BCUT2D eigenvalue weighted by molar-refractivity contribution is 5.87. The van der Waals surface area contributed by atoms with Gasteiger partial charge < -0.3 is 14.2 Å². The van der Waals surface area contributed by atoms with Crippen LogP contribution >= 0.6 is 0 Å². The summed E-state index contributed by atoms with van der Waals surface area (Å²) < 4.78 is 15.8. The monoisotopic (exact) mass is 264 g/mol. The number of carbonyl (C=O) groups is 1. The third-order valence-electron chi connectivity index (χ3n) is 2.28. The number of hydrogen-bond donors (Lipinski definition) is 0. The van der Waals surface area contributed by atoms with Crippen LogP contribution in [-0.2, 0) is 9.53 Å². The van der Waals surface area contributed by atoms with Crippen LogP contribution in [0.25, 0.3) is 6.08 Å². The van der Waals surface area contributed by atoms with Gasteiger partial charge >= 0.3 is 5.97 Å². The summed E-state index contributed by atoms with van der Waals surface area (Å²) in [5.41, 5.74) is 0.818. The van der Waals surface area contributed by atoms with Crippen molar-refractivity contribution < 1.29 is 19.0 Å². The van der Waals surface area contributed by atoms with Crippen LogP contribution in [0.5, 0.6) is 11.5 Å². The molecule has 0 aliphatic carbocycles. The van der Waals surface area contributed by atoms with Gasteiger partial charge in [0.2, 0.25) is 0 Å². The summed E-state index contributed by atoms with van der Waals surface area (Å²) in [6, 6.07) is 5.51. The Morgan fingerprint density at radius 3 is 2.47 bits per heavy atom. The molecule has 1 rings (SSSR count). The Balaban J connectivity index is 2.89. The molecule has 0 heterocycles. The van der Waals surface area contributed by atoms with Gasteiger partial charge in [-0.2, -0.15) is 0 Å². The first-order chi connectivity index (χ1) is 9.21. The van der Waals surface area contributed by atoms with Gasteiger partial charge in [-0.05, 0) is 39.0 Å². The number of benzene rings is 1. The summed E-state index contributed by atoms with van der Waals surface area (Å²) in [6.07, 6.45) is 3.07. The summed E-state index contributed by atoms with van der Waals surface area (Å²) in [5.74, 6) is 1.08. The van der Waals surface area contributed by atoms with Crippen LogP contribution in [0.1, 0.15) is 26.3 Å². The van der Waals surface area contributed by atoms with Crippen LogP contribution in [0.3, 0.4) is 0 Å². The van der Waals surface area contributed by atoms with Crippen molar-refractivity contribution >= 4 is 12.0 Å². The van der Waals surface area contributed by atoms with Crippen LogP contribution in [0, 0.1) is 0 Å². The van der Waals surface area contributed by atoms with E-state index in [1.807, 2.05) is 32.0 Å². The minimum absolute atomic E-state index is 0.362. The molecule has 0 saturated carbocycles. The average Bonchev–Trinajstić information content (AvgIpc) is 2.39. The summed E-state index contributed by atoms with van der Waals surface area (Å²) in [4.78, 5) is 11.3. The van der Waals surface area contributed by atoms with Crippen LogP contribution < -0.4 is 9.47 Å². The molecule has 1 aromatic rings. The predicted molar refractivity (Wildman–Crippen MR) is 74.4 cm³/mol. The fourth-order valence-corrected chi connectivity index (χ4v) is 1.54. The van der Waals surface area contributed by atoms with Crippen LogP contribution in [0.4, 0.5) is 0 Å². The summed E-state index contributed by atoms with van der Waals surface area (Å²) in [6.45, 7) is 7.12. The second-order valence-corrected chi connectivity index (χ2v) is 3.65. The summed E-state index contributed by atoms with van der Waals surface area (Å²) >= 11 is 0. The SMILES string of the molecule is CCOC(=O)C=Cc1ccc(OCC)cc1OCC. The molecule has 0 amide bonds. The van der Waals surface area contributed by atoms with E-state index < -0.39 is 0 Å². The number of ether oxygens (including phenoxy) is 3. The van der Waals surface area contributed by atoms with Crippen LogP contribution in [0.15, 0.2) is 24.3 Å². The molecule has 0 N–H and O–H groups in total. The van der Waals surface area contributed by atoms with Crippen molar-refractivity contribution in [3.05, 3.63) is 29.8 Å². The van der Waals surface area contributed by atoms with Gasteiger partial charge in [-0.1, -0.05) is 0 Å². The van der Waals surface area contributed by atoms with E-state index in [0.29, 0.717) is 25.6 Å². The molecule has 104 valence electrons. The van der Waals surface area contributed by atoms with Gasteiger partial charge in [0.25, 0.3) is 0 Å². The highest BCUT2D eigenvalue weighted by atomic mass is 16.5. The van der Waals surface area contributed by atoms with E-state index in [2.05, 4.69) is 0 Å². The van der Waals surface area contributed by atoms with E-state index in [1.165, 1.54) is 6.08 Å². The molecular formula is C15H20O4. The number of carbonyl (C=O) groups excluding carboxylic acids is 1. The molecular weight excluding hydrogens is 244 g/mol. The summed E-state index contributed by atoms with van der Waals surface area (Å²) in [5, 5.41) is 0. The maximum Gasteiger partial charge on any atom is 0.330 e. The van der Waals surface area contributed by atoms with Gasteiger partial charge in [-0.3, -0.25) is 0 Å². The lowest BCUT2D eigenvalue weighted by atomic mass is 10.1. The molecule has 0 atom stereocenters. The third kappa shape index (κ3) is 5.04. The Kier molecular flexibility index (Phi) is 6.50. The normalized spacial score (nSPS) is 10.5. The molecule has 0 spiro atoms. The number of rotatable bonds is 7. The summed E-state index contributed by atoms with van der Waals surface area (Å²) in [7, 11) is 0. The van der Waals surface area contributed by atoms with Crippen molar-refractivity contribution in [2.75, 3.05) is 19.8 Å². The molecule has 1 aromatic carbocycles. The topological polar surface area (TPSA) is 44.8 Å². The highest BCUT2D eigenvalue weighted by Gasteiger charge is 2.04. The van der Waals surface area contributed by atoms with Crippen molar-refractivity contribution in [3.63, 3.8) is 0 Å². The molecule has 0 saturated heterocycles. The van der Waals surface area contributed by atoms with Crippen molar-refractivity contribution in [1.82, 2.24) is 0 Å². The molecule has 0 aliphatic heterocycles. The van der Waals surface area contributed by atoms with E-state index in [1.54, 1.807) is 13.0 Å². The van der Waals surface area contributed by atoms with Gasteiger partial charge in [-0.25, -0.2) is 4.79 Å². The molecule has 0 aromatic heterocycles. The molecule has 0 unspecified atom stereocenters. The number of esters is 1. The fraction of sp³-hybridized carbons (Fsp3) is 0.400. The van der Waals surface area contributed by atoms with Gasteiger partial charge in [0, 0.05) is 17.7 Å². The maximum absolute atomic E-state index is 11.3. The zero-order valence-electron chi connectivity index (χ0n) is 11.6. The molecule has 0 aliphatic rings. The molecule has 4 nitrogen and oxygen atoms in total. The predicted octanol–water partition coefficient (Wildman–Crippen LogP) is 3.06. The van der Waals surface area contributed by atoms with Gasteiger partial charge in [0.1, 0.15) is 11.5 Å². The quantitative estimate of drug-likeness (QED) is 0.561. The van der Waals surface area contributed by atoms with E-state index in [0.717, 1.165) is 11.3 Å². The van der Waals surface area contributed by atoms with Crippen molar-refractivity contribution in [1.29, 1.82) is 0 Å². The first-order valence-electron chi connectivity index (χ1n) is 6.45. The van der Waals surface area contributed by atoms with E-state index in [-0.39, 0.29) is 5.97 Å². The second-order valence-electron chi connectivity index (χ2n) is 3.65. The van der Waals surface area contributed by atoms with Gasteiger partial charge in [0.05, 0.1) is 19.8 Å². The van der Waals surface area contributed by atoms with E-state index >= 15 is 0 Å². The lowest BCUT2D eigenvalue weighted by Gasteiger charge is -2.10. The van der Waals surface area contributed by atoms with Gasteiger partial charge in [0.15, 0.2) is 0 Å². The number of hydrogen-bond acceptors (Lipinski definition) is 4. The molecule has 4 heteroatoms. The van der Waals surface area contributed by atoms with E-state index in [4.69, 9.17) is 14.2 Å². The fourth-order valence-electron chi connectivity index (χ4n) is 1.54. The Labute approximate surface area is 114 Å². The molecule has 19 heavy (non-hydrogen) atoms. The highest BCUT2D eigenvalue weighted by Crippen LogP contribution is 2.26. The minimum atomic E-state index is -0.362. The maximum atomic E-state index is 11.3. The zero-order chi connectivity index (χ0) is 14.1. The largest absolute Gasteiger partial charge is 0.494 e. The smallest absolute Gasteiger partial charge is 0.330 e. The molecule has 0 bridgehead atoms. The van der Waals surface area contributed by atoms with Crippen LogP contribution in [0.2, 0.25) is 0 Å².